The molecule has 1 unspecified atom stereocenters. The summed E-state index contributed by atoms with van der Waals surface area (Å²) in [6, 6.07) is 7.19. The third-order valence-corrected chi connectivity index (χ3v) is 2.61. The first-order chi connectivity index (χ1) is 8.22. The number of benzene rings is 1. The number of ether oxygens (including phenoxy) is 1. The van der Waals surface area contributed by atoms with Gasteiger partial charge >= 0.3 is 0 Å². The molecule has 0 aliphatic heterocycles. The van der Waals surface area contributed by atoms with Crippen LogP contribution in [0, 0.1) is 0 Å². The van der Waals surface area contributed by atoms with Gasteiger partial charge in [-0.15, -0.1) is 0 Å². The second-order valence-corrected chi connectivity index (χ2v) is 3.90. The van der Waals surface area contributed by atoms with Gasteiger partial charge in [-0.1, -0.05) is 25.5 Å². The standard InChI is InChI=1S/C13H20N2O2/c1-3-6-10(9-14)15-13(16)11-7-4-5-8-12(11)17-2/h4-5,7-8,10H,3,6,9,14H2,1-2H3,(H,15,16). The van der Waals surface area contributed by atoms with Crippen molar-refractivity contribution in [3.05, 3.63) is 29.8 Å². The molecule has 0 radical (unpaired) electrons. The molecule has 4 nitrogen and oxygen atoms in total. The number of nitrogens with one attached hydrogen (secondary N) is 1. The topological polar surface area (TPSA) is 64.3 Å². The van der Waals surface area contributed by atoms with Crippen molar-refractivity contribution in [2.75, 3.05) is 13.7 Å². The third-order valence-electron chi connectivity index (χ3n) is 2.61. The van der Waals surface area contributed by atoms with Gasteiger partial charge in [0.15, 0.2) is 0 Å². The lowest BCUT2D eigenvalue weighted by Gasteiger charge is -2.16. The number of methoxy groups -OCH3 is 1. The Morgan fingerprint density at radius 2 is 2.18 bits per heavy atom. The Hall–Kier alpha value is -1.55. The summed E-state index contributed by atoms with van der Waals surface area (Å²) >= 11 is 0. The number of hydrogen-bond donors (Lipinski definition) is 2. The first-order valence-corrected chi connectivity index (χ1v) is 5.86. The van der Waals surface area contributed by atoms with E-state index in [1.165, 1.54) is 0 Å². The zero-order valence-corrected chi connectivity index (χ0v) is 10.4. The summed E-state index contributed by atoms with van der Waals surface area (Å²) in [7, 11) is 1.55. The minimum absolute atomic E-state index is 0.0254. The fourth-order valence-electron chi connectivity index (χ4n) is 1.69. The zero-order valence-electron chi connectivity index (χ0n) is 10.4. The molecule has 17 heavy (non-hydrogen) atoms. The Morgan fingerprint density at radius 1 is 1.47 bits per heavy atom. The van der Waals surface area contributed by atoms with Gasteiger partial charge < -0.3 is 15.8 Å². The number of carbonyl (C=O) groups excluding carboxylic acids is 1. The van der Waals surface area contributed by atoms with E-state index in [0.717, 1.165) is 12.8 Å². The molecule has 0 heterocycles. The van der Waals surface area contributed by atoms with E-state index in [4.69, 9.17) is 10.5 Å². The van der Waals surface area contributed by atoms with Crippen molar-refractivity contribution < 1.29 is 9.53 Å². The van der Waals surface area contributed by atoms with Crippen molar-refractivity contribution in [1.29, 1.82) is 0 Å². The van der Waals surface area contributed by atoms with Crippen molar-refractivity contribution in [3.8, 4) is 5.75 Å². The maximum Gasteiger partial charge on any atom is 0.255 e. The lowest BCUT2D eigenvalue weighted by Crippen LogP contribution is -2.40. The van der Waals surface area contributed by atoms with Gasteiger partial charge in [-0.25, -0.2) is 0 Å². The van der Waals surface area contributed by atoms with Crippen LogP contribution in [0.25, 0.3) is 0 Å². The second-order valence-electron chi connectivity index (χ2n) is 3.90. The molecule has 1 aromatic rings. The molecule has 0 saturated heterocycles. The van der Waals surface area contributed by atoms with Crippen LogP contribution in [0.15, 0.2) is 24.3 Å². The van der Waals surface area contributed by atoms with Gasteiger partial charge in [0.1, 0.15) is 5.75 Å². The Labute approximate surface area is 102 Å². The van der Waals surface area contributed by atoms with E-state index in [0.29, 0.717) is 17.9 Å². The molecule has 0 fully saturated rings. The highest BCUT2D eigenvalue weighted by atomic mass is 16.5. The highest BCUT2D eigenvalue weighted by Gasteiger charge is 2.14. The number of amides is 1. The van der Waals surface area contributed by atoms with E-state index < -0.39 is 0 Å². The minimum atomic E-state index is -0.133. The summed E-state index contributed by atoms with van der Waals surface area (Å²) in [4.78, 5) is 12.0. The zero-order chi connectivity index (χ0) is 12.7. The average molecular weight is 236 g/mol. The summed E-state index contributed by atoms with van der Waals surface area (Å²) in [6.45, 7) is 2.52. The molecule has 0 spiro atoms. The van der Waals surface area contributed by atoms with Crippen LogP contribution in [0.5, 0.6) is 5.75 Å². The summed E-state index contributed by atoms with van der Waals surface area (Å²) in [6.07, 6.45) is 1.88. The fraction of sp³-hybridized carbons (Fsp3) is 0.462. The Balaban J connectivity index is 2.75. The van der Waals surface area contributed by atoms with E-state index in [-0.39, 0.29) is 11.9 Å². The smallest absolute Gasteiger partial charge is 0.255 e. The normalized spacial score (nSPS) is 11.9. The van der Waals surface area contributed by atoms with Crippen molar-refractivity contribution in [1.82, 2.24) is 5.32 Å². The van der Waals surface area contributed by atoms with Gasteiger partial charge in [-0.2, -0.15) is 0 Å². The maximum atomic E-state index is 12.0. The first-order valence-electron chi connectivity index (χ1n) is 5.86. The number of rotatable bonds is 6. The van der Waals surface area contributed by atoms with E-state index in [9.17, 15) is 4.79 Å². The van der Waals surface area contributed by atoms with Crippen molar-refractivity contribution >= 4 is 5.91 Å². The molecule has 0 aliphatic rings. The lowest BCUT2D eigenvalue weighted by atomic mass is 10.1. The van der Waals surface area contributed by atoms with Crippen LogP contribution in [0.3, 0.4) is 0 Å². The Morgan fingerprint density at radius 3 is 2.76 bits per heavy atom. The number of para-hydroxylation sites is 1. The first kappa shape index (κ1) is 13.5. The molecular formula is C13H20N2O2. The van der Waals surface area contributed by atoms with Crippen LogP contribution in [-0.4, -0.2) is 25.6 Å². The van der Waals surface area contributed by atoms with E-state index in [1.54, 1.807) is 19.2 Å². The third kappa shape index (κ3) is 3.75. The van der Waals surface area contributed by atoms with Crippen LogP contribution < -0.4 is 15.8 Å². The van der Waals surface area contributed by atoms with Crippen molar-refractivity contribution in [2.45, 2.75) is 25.8 Å². The van der Waals surface area contributed by atoms with Crippen LogP contribution in [0.2, 0.25) is 0 Å². The van der Waals surface area contributed by atoms with Gasteiger partial charge in [0, 0.05) is 12.6 Å². The van der Waals surface area contributed by atoms with E-state index in [1.807, 2.05) is 12.1 Å². The highest BCUT2D eigenvalue weighted by molar-refractivity contribution is 5.97. The predicted molar refractivity (Wildman–Crippen MR) is 68.2 cm³/mol. The molecule has 1 atom stereocenters. The SMILES string of the molecule is CCCC(CN)NC(=O)c1ccccc1OC. The molecule has 94 valence electrons. The highest BCUT2D eigenvalue weighted by Crippen LogP contribution is 2.17. The molecule has 3 N–H and O–H groups in total. The summed E-state index contributed by atoms with van der Waals surface area (Å²) in [5, 5.41) is 2.91. The van der Waals surface area contributed by atoms with Gasteiger partial charge in [0.2, 0.25) is 0 Å². The molecule has 1 aromatic carbocycles. The summed E-state index contributed by atoms with van der Waals surface area (Å²) in [5.41, 5.74) is 6.16. The Kier molecular flexibility index (Phi) is 5.49. The molecule has 0 aliphatic carbocycles. The largest absolute Gasteiger partial charge is 0.496 e. The average Bonchev–Trinajstić information content (AvgIpc) is 2.38. The molecule has 4 heteroatoms. The maximum absolute atomic E-state index is 12.0. The van der Waals surface area contributed by atoms with Crippen molar-refractivity contribution in [3.63, 3.8) is 0 Å². The fourth-order valence-corrected chi connectivity index (χ4v) is 1.69. The quantitative estimate of drug-likeness (QED) is 0.787. The second kappa shape index (κ2) is 6.91. The van der Waals surface area contributed by atoms with Gasteiger partial charge in [-0.3, -0.25) is 4.79 Å². The van der Waals surface area contributed by atoms with Crippen LogP contribution in [0.4, 0.5) is 0 Å². The molecular weight excluding hydrogens is 216 g/mol. The Bertz CT molecular complexity index is 366. The molecule has 0 saturated carbocycles. The minimum Gasteiger partial charge on any atom is -0.496 e. The van der Waals surface area contributed by atoms with E-state index in [2.05, 4.69) is 12.2 Å². The van der Waals surface area contributed by atoms with Crippen LogP contribution in [-0.2, 0) is 0 Å². The summed E-state index contributed by atoms with van der Waals surface area (Å²) < 4.78 is 5.15. The predicted octanol–water partition coefficient (Wildman–Crippen LogP) is 1.55. The van der Waals surface area contributed by atoms with Crippen LogP contribution in [0.1, 0.15) is 30.1 Å². The van der Waals surface area contributed by atoms with Gasteiger partial charge in [-0.05, 0) is 18.6 Å². The van der Waals surface area contributed by atoms with Crippen LogP contribution >= 0.6 is 0 Å². The van der Waals surface area contributed by atoms with E-state index >= 15 is 0 Å². The molecule has 0 bridgehead atoms. The monoisotopic (exact) mass is 236 g/mol. The van der Waals surface area contributed by atoms with Gasteiger partial charge in [0.25, 0.3) is 5.91 Å². The number of hydrogen-bond acceptors (Lipinski definition) is 3. The molecule has 1 amide bonds. The summed E-state index contributed by atoms with van der Waals surface area (Å²) in [5.74, 6) is 0.448. The number of carbonyl (C=O) groups is 1. The molecule has 0 aromatic heterocycles. The number of nitrogens with two attached hydrogens (primary N) is 1. The lowest BCUT2D eigenvalue weighted by molar-refractivity contribution is 0.0933. The van der Waals surface area contributed by atoms with Crippen molar-refractivity contribution in [2.24, 2.45) is 5.73 Å². The molecule has 1 rings (SSSR count). The van der Waals surface area contributed by atoms with Gasteiger partial charge in [0.05, 0.1) is 12.7 Å².